The molecule has 0 amide bonds. The van der Waals surface area contributed by atoms with Gasteiger partial charge in [-0.05, 0) is 37.6 Å². The van der Waals surface area contributed by atoms with Gasteiger partial charge in [-0.2, -0.15) is 0 Å². The molecule has 0 aliphatic rings. The van der Waals surface area contributed by atoms with Crippen LogP contribution in [0.2, 0.25) is 0 Å². The first-order valence-electron chi connectivity index (χ1n) is 7.82. The van der Waals surface area contributed by atoms with Gasteiger partial charge in [0, 0.05) is 5.56 Å². The van der Waals surface area contributed by atoms with Crippen LogP contribution >= 0.6 is 0 Å². The maximum atomic E-state index is 10.7. The lowest BCUT2D eigenvalue weighted by atomic mass is 10.1. The van der Waals surface area contributed by atoms with Crippen molar-refractivity contribution in [3.8, 4) is 11.5 Å². The van der Waals surface area contributed by atoms with Crippen LogP contribution in [-0.2, 0) is 6.42 Å². The number of phenols is 1. The van der Waals surface area contributed by atoms with Crippen molar-refractivity contribution >= 4 is 17.3 Å². The van der Waals surface area contributed by atoms with Crippen LogP contribution in [0.1, 0.15) is 29.8 Å². The molecule has 0 atom stereocenters. The van der Waals surface area contributed by atoms with Crippen LogP contribution in [0.15, 0.2) is 36.4 Å². The zero-order valence-electron chi connectivity index (χ0n) is 14.6. The third-order valence-corrected chi connectivity index (χ3v) is 3.35. The van der Waals surface area contributed by atoms with Crippen LogP contribution in [0, 0.1) is 20.2 Å². The van der Waals surface area contributed by atoms with E-state index in [-0.39, 0.29) is 16.4 Å². The molecule has 0 bridgehead atoms. The molecule has 0 heterocycles. The van der Waals surface area contributed by atoms with E-state index >= 15 is 0 Å². The molecular weight excluding hydrogens is 360 g/mol. The van der Waals surface area contributed by atoms with Gasteiger partial charge in [0.15, 0.2) is 0 Å². The predicted octanol–water partition coefficient (Wildman–Crippen LogP) is 3.55. The summed E-state index contributed by atoms with van der Waals surface area (Å²) < 4.78 is 5.19. The molecule has 0 saturated heterocycles. The molecule has 0 radical (unpaired) electrons. The normalized spacial score (nSPS) is 9.70. The van der Waals surface area contributed by atoms with Gasteiger partial charge in [-0.15, -0.1) is 0 Å². The number of nitro groups is 2. The molecule has 0 aliphatic carbocycles. The number of hydrogen-bond acceptors (Lipinski definition) is 7. The Balaban J connectivity index is 0.000000271. The second kappa shape index (κ2) is 9.70. The molecule has 10 nitrogen and oxygen atoms in total. The fraction of sp³-hybridized carbons (Fsp3) is 0.235. The minimum Gasteiger partial charge on any atom is -0.508 e. The number of carboxylic acid groups (broad SMARTS) is 1. The van der Waals surface area contributed by atoms with Crippen LogP contribution < -0.4 is 4.74 Å². The highest BCUT2D eigenvalue weighted by Gasteiger charge is 2.19. The van der Waals surface area contributed by atoms with Crippen molar-refractivity contribution in [2.45, 2.75) is 20.3 Å². The van der Waals surface area contributed by atoms with Crippen molar-refractivity contribution in [1.82, 2.24) is 0 Å². The number of ether oxygens (including phenoxy) is 1. The van der Waals surface area contributed by atoms with Crippen molar-refractivity contribution in [1.29, 1.82) is 0 Å². The zero-order chi connectivity index (χ0) is 20.6. The minimum atomic E-state index is -1.40. The van der Waals surface area contributed by atoms with Gasteiger partial charge in [0.1, 0.15) is 17.1 Å². The zero-order valence-corrected chi connectivity index (χ0v) is 14.6. The minimum absolute atomic E-state index is 0.137. The smallest absolute Gasteiger partial charge is 0.342 e. The van der Waals surface area contributed by atoms with E-state index in [0.29, 0.717) is 18.8 Å². The van der Waals surface area contributed by atoms with Crippen molar-refractivity contribution in [2.24, 2.45) is 0 Å². The number of benzene rings is 2. The van der Waals surface area contributed by atoms with Crippen LogP contribution in [0.3, 0.4) is 0 Å². The SMILES string of the molecule is CCOc1ccc(CC)c([N+](=O)[O-])c1.O=C(O)c1ccc(O)cc1[N+](=O)[O-]. The molecule has 0 unspecified atom stereocenters. The fourth-order valence-corrected chi connectivity index (χ4v) is 2.12. The molecule has 10 heteroatoms. The van der Waals surface area contributed by atoms with E-state index in [1.165, 1.54) is 6.07 Å². The predicted molar refractivity (Wildman–Crippen MR) is 95.4 cm³/mol. The monoisotopic (exact) mass is 378 g/mol. The topological polar surface area (TPSA) is 153 Å². The molecule has 0 aromatic heterocycles. The van der Waals surface area contributed by atoms with Crippen LogP contribution in [0.5, 0.6) is 11.5 Å². The van der Waals surface area contributed by atoms with E-state index in [1.54, 1.807) is 12.1 Å². The van der Waals surface area contributed by atoms with Crippen molar-refractivity contribution in [2.75, 3.05) is 6.61 Å². The van der Waals surface area contributed by atoms with Gasteiger partial charge in [0.25, 0.3) is 11.4 Å². The molecule has 2 N–H and O–H groups in total. The molecule has 27 heavy (non-hydrogen) atoms. The Morgan fingerprint density at radius 1 is 1.04 bits per heavy atom. The van der Waals surface area contributed by atoms with E-state index in [2.05, 4.69) is 0 Å². The summed E-state index contributed by atoms with van der Waals surface area (Å²) in [6, 6.07) is 7.83. The summed E-state index contributed by atoms with van der Waals surface area (Å²) in [6.07, 6.45) is 0.655. The van der Waals surface area contributed by atoms with E-state index in [9.17, 15) is 25.0 Å². The second-order valence-electron chi connectivity index (χ2n) is 5.10. The summed E-state index contributed by atoms with van der Waals surface area (Å²) in [6.45, 7) is 4.25. The summed E-state index contributed by atoms with van der Waals surface area (Å²) in [5.41, 5.74) is -0.188. The van der Waals surface area contributed by atoms with Crippen molar-refractivity contribution in [3.05, 3.63) is 67.8 Å². The largest absolute Gasteiger partial charge is 0.508 e. The first kappa shape index (κ1) is 21.4. The van der Waals surface area contributed by atoms with Gasteiger partial charge in [-0.3, -0.25) is 20.2 Å². The summed E-state index contributed by atoms with van der Waals surface area (Å²) in [7, 11) is 0. The van der Waals surface area contributed by atoms with E-state index in [4.69, 9.17) is 14.9 Å². The van der Waals surface area contributed by atoms with E-state index in [1.807, 2.05) is 13.8 Å². The first-order chi connectivity index (χ1) is 12.7. The third kappa shape index (κ3) is 5.96. The number of aryl methyl sites for hydroxylation is 1. The Hall–Kier alpha value is -3.69. The molecule has 0 fully saturated rings. The van der Waals surface area contributed by atoms with E-state index < -0.39 is 22.1 Å². The van der Waals surface area contributed by atoms with Gasteiger partial charge >= 0.3 is 5.97 Å². The Kier molecular flexibility index (Phi) is 7.68. The summed E-state index contributed by atoms with van der Waals surface area (Å²) >= 11 is 0. The Morgan fingerprint density at radius 2 is 1.67 bits per heavy atom. The second-order valence-corrected chi connectivity index (χ2v) is 5.10. The van der Waals surface area contributed by atoms with Crippen molar-refractivity contribution < 1.29 is 29.6 Å². The van der Waals surface area contributed by atoms with Gasteiger partial charge in [-0.25, -0.2) is 4.79 Å². The Morgan fingerprint density at radius 3 is 2.15 bits per heavy atom. The Bertz CT molecular complexity index is 851. The fourth-order valence-electron chi connectivity index (χ4n) is 2.12. The lowest BCUT2D eigenvalue weighted by Gasteiger charge is -2.04. The maximum absolute atomic E-state index is 10.7. The molecule has 2 aromatic rings. The maximum Gasteiger partial charge on any atom is 0.342 e. The van der Waals surface area contributed by atoms with Gasteiger partial charge in [-0.1, -0.05) is 6.92 Å². The van der Waals surface area contributed by atoms with Gasteiger partial charge in [0.05, 0.1) is 28.6 Å². The quantitative estimate of drug-likeness (QED) is 0.571. The highest BCUT2D eigenvalue weighted by molar-refractivity contribution is 5.92. The summed E-state index contributed by atoms with van der Waals surface area (Å²) in [4.78, 5) is 30.2. The number of hydrogen-bond donors (Lipinski definition) is 2. The number of aromatic hydroxyl groups is 1. The number of carboxylic acids is 1. The Labute approximate surface area is 153 Å². The number of carbonyl (C=O) groups is 1. The molecule has 0 spiro atoms. The highest BCUT2D eigenvalue weighted by Crippen LogP contribution is 2.25. The number of nitro benzene ring substituents is 2. The number of nitrogens with zero attached hydrogens (tertiary/aromatic N) is 2. The van der Waals surface area contributed by atoms with Crippen LogP contribution in [0.25, 0.3) is 0 Å². The van der Waals surface area contributed by atoms with Crippen LogP contribution in [0.4, 0.5) is 11.4 Å². The van der Waals surface area contributed by atoms with E-state index in [0.717, 1.165) is 23.8 Å². The van der Waals surface area contributed by atoms with Crippen molar-refractivity contribution in [3.63, 3.8) is 0 Å². The standard InChI is InChI=1S/C10H13NO3.C7H5NO5/c1-3-8-5-6-9(14-4-2)7-10(8)11(12)13;9-4-1-2-5(7(10)11)6(3-4)8(12)13/h5-7H,3-4H2,1-2H3;1-3,9H,(H,10,11). The molecule has 0 saturated carbocycles. The molecule has 144 valence electrons. The average molecular weight is 378 g/mol. The lowest BCUT2D eigenvalue weighted by molar-refractivity contribution is -0.385. The molecular formula is C17H18N2O8. The summed E-state index contributed by atoms with van der Waals surface area (Å²) in [5.74, 6) is -1.18. The number of aromatic carboxylic acids is 1. The first-order valence-corrected chi connectivity index (χ1v) is 7.82. The third-order valence-electron chi connectivity index (χ3n) is 3.35. The van der Waals surface area contributed by atoms with Gasteiger partial charge < -0.3 is 14.9 Å². The van der Waals surface area contributed by atoms with Gasteiger partial charge in [0.2, 0.25) is 0 Å². The molecule has 0 aliphatic heterocycles. The summed E-state index contributed by atoms with van der Waals surface area (Å²) in [5, 5.41) is 38.4. The molecule has 2 rings (SSSR count). The number of phenolic OH excluding ortho intramolecular Hbond substituents is 1. The number of rotatable bonds is 6. The van der Waals surface area contributed by atoms with Crippen LogP contribution in [-0.4, -0.2) is 32.6 Å². The molecule has 2 aromatic carbocycles. The lowest BCUT2D eigenvalue weighted by Crippen LogP contribution is -2.01. The average Bonchev–Trinajstić information content (AvgIpc) is 2.62. The highest BCUT2D eigenvalue weighted by atomic mass is 16.6.